The zero-order valence-corrected chi connectivity index (χ0v) is 9.54. The van der Waals surface area contributed by atoms with Crippen molar-refractivity contribution in [3.63, 3.8) is 0 Å². The number of nitrogen functional groups attached to an aromatic ring is 1. The number of nitrogens with zero attached hydrogens (tertiary/aromatic N) is 2. The topological polar surface area (TPSA) is 72.9 Å². The predicted molar refractivity (Wildman–Crippen MR) is 58.9 cm³/mol. The van der Waals surface area contributed by atoms with E-state index in [4.69, 9.17) is 5.84 Å². The highest BCUT2D eigenvalue weighted by atomic mass is 79.9. The molecule has 0 radical (unpaired) electrons. The van der Waals surface area contributed by atoms with E-state index in [0.29, 0.717) is 16.7 Å². The fourth-order valence-corrected chi connectivity index (χ4v) is 1.45. The third-order valence-corrected chi connectivity index (χ3v) is 2.63. The molecule has 0 bridgehead atoms. The average molecular weight is 261 g/mol. The molecule has 3 N–H and O–H groups in total. The van der Waals surface area contributed by atoms with Crippen LogP contribution < -0.4 is 16.8 Å². The maximum atomic E-state index is 11.6. The molecule has 0 spiro atoms. The third-order valence-electron chi connectivity index (χ3n) is 1.86. The van der Waals surface area contributed by atoms with E-state index in [-0.39, 0.29) is 5.56 Å². The van der Waals surface area contributed by atoms with Crippen LogP contribution in [0.25, 0.3) is 0 Å². The Hall–Kier alpha value is -0.880. The van der Waals surface area contributed by atoms with Gasteiger partial charge in [-0.25, -0.2) is 4.68 Å². The van der Waals surface area contributed by atoms with Gasteiger partial charge in [0.05, 0.1) is 11.9 Å². The Balaban J connectivity index is 2.99. The molecule has 0 aromatic carbocycles. The quantitative estimate of drug-likeness (QED) is 0.628. The number of hydrogen-bond donors (Lipinski definition) is 2. The van der Waals surface area contributed by atoms with E-state index in [1.54, 1.807) is 0 Å². The summed E-state index contributed by atoms with van der Waals surface area (Å²) in [6.07, 6.45) is 3.50. The van der Waals surface area contributed by atoms with Crippen LogP contribution in [0.4, 0.5) is 5.69 Å². The molecule has 78 valence electrons. The lowest BCUT2D eigenvalue weighted by atomic mass is 10.3. The van der Waals surface area contributed by atoms with Crippen LogP contribution in [0.3, 0.4) is 0 Å². The number of halogens is 1. The minimum absolute atomic E-state index is 0.158. The molecule has 0 aliphatic carbocycles. The molecular formula is C8H13BrN4O. The van der Waals surface area contributed by atoms with Crippen molar-refractivity contribution in [3.05, 3.63) is 21.0 Å². The zero-order valence-electron chi connectivity index (χ0n) is 7.96. The molecule has 1 rings (SSSR count). The molecule has 0 saturated heterocycles. The van der Waals surface area contributed by atoms with Crippen LogP contribution in [0.15, 0.2) is 15.5 Å². The third kappa shape index (κ3) is 2.33. The summed E-state index contributed by atoms with van der Waals surface area (Å²) in [6.45, 7) is 2.70. The van der Waals surface area contributed by atoms with E-state index in [9.17, 15) is 4.79 Å². The molecule has 1 aromatic heterocycles. The first-order chi connectivity index (χ1) is 6.70. The Morgan fingerprint density at radius 1 is 1.71 bits per heavy atom. The van der Waals surface area contributed by atoms with Crippen molar-refractivity contribution >= 4 is 21.6 Å². The summed E-state index contributed by atoms with van der Waals surface area (Å²) in [5.74, 6) is 5.20. The second kappa shape index (κ2) is 5.11. The Morgan fingerprint density at radius 2 is 2.43 bits per heavy atom. The lowest BCUT2D eigenvalue weighted by Gasteiger charge is -2.06. The average Bonchev–Trinajstić information content (AvgIpc) is 2.20. The number of hydrogen-bond acceptors (Lipinski definition) is 4. The van der Waals surface area contributed by atoms with Gasteiger partial charge >= 0.3 is 0 Å². The summed E-state index contributed by atoms with van der Waals surface area (Å²) in [7, 11) is 0. The molecule has 6 heteroatoms. The van der Waals surface area contributed by atoms with Gasteiger partial charge in [-0.3, -0.25) is 10.6 Å². The van der Waals surface area contributed by atoms with Crippen LogP contribution in [-0.4, -0.2) is 9.78 Å². The zero-order chi connectivity index (χ0) is 10.6. The van der Waals surface area contributed by atoms with Crippen LogP contribution >= 0.6 is 15.9 Å². The second-order valence-corrected chi connectivity index (χ2v) is 3.69. The van der Waals surface area contributed by atoms with Crippen molar-refractivity contribution in [2.75, 3.05) is 5.43 Å². The van der Waals surface area contributed by atoms with E-state index in [2.05, 4.69) is 33.4 Å². The number of aryl methyl sites for hydroxylation is 1. The number of hydrazine groups is 1. The number of aromatic nitrogens is 2. The summed E-state index contributed by atoms with van der Waals surface area (Å²) in [5, 5.41) is 3.98. The highest BCUT2D eigenvalue weighted by Crippen LogP contribution is 2.14. The molecule has 14 heavy (non-hydrogen) atoms. The molecule has 0 atom stereocenters. The smallest absolute Gasteiger partial charge is 0.283 e. The van der Waals surface area contributed by atoms with E-state index < -0.39 is 0 Å². The van der Waals surface area contributed by atoms with Crippen molar-refractivity contribution in [2.24, 2.45) is 5.84 Å². The van der Waals surface area contributed by atoms with E-state index in [1.165, 1.54) is 10.9 Å². The SMILES string of the molecule is CCCCn1ncc(NN)c(Br)c1=O. The Bertz CT molecular complexity index is 363. The number of rotatable bonds is 4. The van der Waals surface area contributed by atoms with Gasteiger partial charge in [-0.1, -0.05) is 13.3 Å². The molecule has 5 nitrogen and oxygen atoms in total. The van der Waals surface area contributed by atoms with Crippen molar-refractivity contribution in [3.8, 4) is 0 Å². The first kappa shape index (κ1) is 11.2. The summed E-state index contributed by atoms with van der Waals surface area (Å²) < 4.78 is 1.85. The predicted octanol–water partition coefficient (Wildman–Crippen LogP) is 1.09. The maximum absolute atomic E-state index is 11.6. The first-order valence-electron chi connectivity index (χ1n) is 4.43. The molecule has 1 heterocycles. The molecule has 0 unspecified atom stereocenters. The number of nitrogens with two attached hydrogens (primary N) is 1. The Labute approximate surface area is 90.4 Å². The summed E-state index contributed by atoms with van der Waals surface area (Å²) >= 11 is 3.17. The van der Waals surface area contributed by atoms with Gasteiger partial charge < -0.3 is 5.43 Å². The van der Waals surface area contributed by atoms with Gasteiger partial charge in [-0.2, -0.15) is 5.10 Å². The highest BCUT2D eigenvalue weighted by molar-refractivity contribution is 9.10. The van der Waals surface area contributed by atoms with Gasteiger partial charge in [0.2, 0.25) is 0 Å². The van der Waals surface area contributed by atoms with Gasteiger partial charge in [0.15, 0.2) is 0 Å². The maximum Gasteiger partial charge on any atom is 0.283 e. The minimum atomic E-state index is -0.158. The number of nitrogens with one attached hydrogen (secondary N) is 1. The van der Waals surface area contributed by atoms with Crippen LogP contribution in [0.1, 0.15) is 19.8 Å². The van der Waals surface area contributed by atoms with Gasteiger partial charge in [-0.15, -0.1) is 0 Å². The van der Waals surface area contributed by atoms with Gasteiger partial charge in [-0.05, 0) is 22.4 Å². The first-order valence-corrected chi connectivity index (χ1v) is 5.22. The molecule has 1 aromatic rings. The standard InChI is InChI=1S/C8H13BrN4O/c1-2-3-4-13-8(14)7(9)6(12-10)5-11-13/h5,12H,2-4,10H2,1H3. The number of unbranched alkanes of at least 4 members (excludes halogenated alkanes) is 1. The minimum Gasteiger partial charge on any atom is -0.321 e. The van der Waals surface area contributed by atoms with Crippen LogP contribution in [0, 0.1) is 0 Å². The normalized spacial score (nSPS) is 10.2. The van der Waals surface area contributed by atoms with Crippen molar-refractivity contribution in [1.82, 2.24) is 9.78 Å². The second-order valence-electron chi connectivity index (χ2n) is 2.90. The molecule has 0 amide bonds. The van der Waals surface area contributed by atoms with Gasteiger partial charge in [0, 0.05) is 6.54 Å². The Morgan fingerprint density at radius 3 is 3.00 bits per heavy atom. The van der Waals surface area contributed by atoms with Crippen LogP contribution in [0.2, 0.25) is 0 Å². The summed E-state index contributed by atoms with van der Waals surface area (Å²) in [6, 6.07) is 0. The lowest BCUT2D eigenvalue weighted by Crippen LogP contribution is -2.25. The molecular weight excluding hydrogens is 248 g/mol. The summed E-state index contributed by atoms with van der Waals surface area (Å²) in [5.41, 5.74) is 2.74. The van der Waals surface area contributed by atoms with Crippen molar-refractivity contribution in [2.45, 2.75) is 26.3 Å². The number of anilines is 1. The summed E-state index contributed by atoms with van der Waals surface area (Å²) in [4.78, 5) is 11.6. The van der Waals surface area contributed by atoms with E-state index in [1.807, 2.05) is 0 Å². The molecule has 0 aliphatic rings. The van der Waals surface area contributed by atoms with Crippen molar-refractivity contribution in [1.29, 1.82) is 0 Å². The van der Waals surface area contributed by atoms with Crippen molar-refractivity contribution < 1.29 is 0 Å². The van der Waals surface area contributed by atoms with Crippen LogP contribution in [-0.2, 0) is 6.54 Å². The molecule has 0 saturated carbocycles. The highest BCUT2D eigenvalue weighted by Gasteiger charge is 2.06. The lowest BCUT2D eigenvalue weighted by molar-refractivity contribution is 0.541. The van der Waals surface area contributed by atoms with Gasteiger partial charge in [0.1, 0.15) is 4.47 Å². The molecule has 0 fully saturated rings. The van der Waals surface area contributed by atoms with E-state index in [0.717, 1.165) is 12.8 Å². The largest absolute Gasteiger partial charge is 0.321 e. The fourth-order valence-electron chi connectivity index (χ4n) is 1.03. The monoisotopic (exact) mass is 260 g/mol. The fraction of sp³-hybridized carbons (Fsp3) is 0.500. The Kier molecular flexibility index (Phi) is 4.09. The van der Waals surface area contributed by atoms with E-state index >= 15 is 0 Å². The van der Waals surface area contributed by atoms with Crippen LogP contribution in [0.5, 0.6) is 0 Å². The van der Waals surface area contributed by atoms with Gasteiger partial charge in [0.25, 0.3) is 5.56 Å². The molecule has 0 aliphatic heterocycles.